The third-order valence-corrected chi connectivity index (χ3v) is 8.10. The predicted octanol–water partition coefficient (Wildman–Crippen LogP) is 3.59. The van der Waals surface area contributed by atoms with E-state index in [1.807, 2.05) is 30.8 Å². The minimum absolute atomic E-state index is 0.340. The molecule has 3 nitrogen and oxygen atoms in total. The fourth-order valence-electron chi connectivity index (χ4n) is 1.96. The average molecular weight is 438 g/mol. The molecule has 0 saturated heterocycles. The van der Waals surface area contributed by atoms with Crippen molar-refractivity contribution in [3.05, 3.63) is 58.2 Å². The fourth-order valence-corrected chi connectivity index (χ4v) is 7.02. The topological polar surface area (TPSA) is 29.3 Å². The molecule has 2 rings (SSSR count). The van der Waals surface area contributed by atoms with Gasteiger partial charge in [0.2, 0.25) is 0 Å². The molecule has 1 aliphatic carbocycles. The van der Waals surface area contributed by atoms with Crippen LogP contribution in [0.3, 0.4) is 0 Å². The molecular formula is C16H16F3INO2+. The van der Waals surface area contributed by atoms with Gasteiger partial charge in [0.25, 0.3) is 0 Å². The second-order valence-corrected chi connectivity index (χ2v) is 9.50. The van der Waals surface area contributed by atoms with Gasteiger partial charge in [-0.25, -0.2) is 0 Å². The summed E-state index contributed by atoms with van der Waals surface area (Å²) in [5, 5.41) is 0. The first-order valence-corrected chi connectivity index (χ1v) is 9.93. The second kappa shape index (κ2) is 7.29. The number of hydrogen-bond acceptors (Lipinski definition) is 2. The summed E-state index contributed by atoms with van der Waals surface area (Å²) in [5.41, 5.74) is 0.830. The van der Waals surface area contributed by atoms with Gasteiger partial charge in [-0.2, -0.15) is 0 Å². The Morgan fingerprint density at radius 2 is 1.83 bits per heavy atom. The van der Waals surface area contributed by atoms with E-state index in [2.05, 4.69) is 0 Å². The molecule has 23 heavy (non-hydrogen) atoms. The summed E-state index contributed by atoms with van der Waals surface area (Å²) in [4.78, 5) is 11.4. The van der Waals surface area contributed by atoms with E-state index in [0.717, 1.165) is 5.71 Å². The molecule has 0 aliphatic heterocycles. The van der Waals surface area contributed by atoms with Crippen molar-refractivity contribution in [2.24, 2.45) is 0 Å². The zero-order valence-corrected chi connectivity index (χ0v) is 14.7. The maximum atomic E-state index is 12.6. The molecule has 0 N–H and O–H groups in total. The van der Waals surface area contributed by atoms with Gasteiger partial charge in [0.05, 0.1) is 0 Å². The van der Waals surface area contributed by atoms with Crippen LogP contribution in [0.4, 0.5) is 13.2 Å². The molecule has 1 aromatic rings. The summed E-state index contributed by atoms with van der Waals surface area (Å²) in [5.74, 6) is -2.12. The summed E-state index contributed by atoms with van der Waals surface area (Å²) < 4.78 is 45.1. The molecule has 0 amide bonds. The molecule has 0 saturated carbocycles. The molecule has 1 aromatic carbocycles. The quantitative estimate of drug-likeness (QED) is 0.410. The zero-order chi connectivity index (χ0) is 17.0. The molecule has 1 atom stereocenters. The number of rotatable bonds is 3. The van der Waals surface area contributed by atoms with E-state index in [4.69, 9.17) is 3.07 Å². The molecule has 124 valence electrons. The summed E-state index contributed by atoms with van der Waals surface area (Å²) in [6, 6.07) is 8.68. The molecule has 0 spiro atoms. The van der Waals surface area contributed by atoms with Crippen molar-refractivity contribution >= 4 is 31.9 Å². The number of benzene rings is 1. The number of alkyl halides is 4. The summed E-state index contributed by atoms with van der Waals surface area (Å²) in [6.45, 7) is 0. The van der Waals surface area contributed by atoms with Gasteiger partial charge in [-0.1, -0.05) is 0 Å². The van der Waals surface area contributed by atoms with Gasteiger partial charge in [0, 0.05) is 0 Å². The summed E-state index contributed by atoms with van der Waals surface area (Å²) in [6.07, 6.45) is 2.23. The monoisotopic (exact) mass is 438 g/mol. The normalized spacial score (nSPS) is 17.9. The second-order valence-electron chi connectivity index (χ2n) is 4.90. The molecule has 1 aliphatic rings. The number of nitrogens with zero attached hydrogens (tertiary/aromatic N) is 1. The van der Waals surface area contributed by atoms with Crippen molar-refractivity contribution in [2.75, 3.05) is 14.1 Å². The van der Waals surface area contributed by atoms with Crippen LogP contribution in [0.2, 0.25) is 0 Å². The molecule has 7 heteroatoms. The zero-order valence-electron chi connectivity index (χ0n) is 12.5. The molecule has 0 fully saturated rings. The first kappa shape index (κ1) is 17.7. The standard InChI is InChI=1S/C16H16F3INO2/c1-21(2)14-11-7-6-10-13(14)20(12-8-4-3-5-9-12)23-15(22)16(17,18)19/h3-11,13H,1-2H3/q+1. The first-order chi connectivity index (χ1) is 10.8. The Bertz CT molecular complexity index is 662. The number of carbonyl (C=O) groups is 1. The number of carbonyl (C=O) groups excluding carboxylic acids is 1. The van der Waals surface area contributed by atoms with Crippen LogP contribution in [0, 0.1) is 3.57 Å². The Hall–Kier alpha value is -1.64. The third-order valence-electron chi connectivity index (χ3n) is 3.00. The first-order valence-electron chi connectivity index (χ1n) is 6.73. The number of allylic oxidation sites excluding steroid dienone is 4. The van der Waals surface area contributed by atoms with E-state index >= 15 is 0 Å². The van der Waals surface area contributed by atoms with Crippen LogP contribution in [0.5, 0.6) is 0 Å². The van der Waals surface area contributed by atoms with Crippen LogP contribution in [0.15, 0.2) is 54.6 Å². The molecular weight excluding hydrogens is 422 g/mol. The van der Waals surface area contributed by atoms with E-state index in [9.17, 15) is 18.0 Å². The van der Waals surface area contributed by atoms with Gasteiger partial charge in [-0.15, -0.1) is 0 Å². The molecule has 0 radical (unpaired) electrons. The van der Waals surface area contributed by atoms with E-state index in [0.29, 0.717) is 3.57 Å². The molecule has 0 heterocycles. The van der Waals surface area contributed by atoms with Gasteiger partial charge in [-0.05, 0) is 0 Å². The number of halogens is 4. The van der Waals surface area contributed by atoms with Crippen molar-refractivity contribution in [1.82, 2.24) is 0 Å². The van der Waals surface area contributed by atoms with E-state index in [-0.39, 0.29) is 3.92 Å². The Kier molecular flexibility index (Phi) is 5.61. The molecule has 0 bridgehead atoms. The van der Waals surface area contributed by atoms with Gasteiger partial charge in [0.1, 0.15) is 0 Å². The average Bonchev–Trinajstić information content (AvgIpc) is 2.52. The Morgan fingerprint density at radius 1 is 1.17 bits per heavy atom. The summed E-state index contributed by atoms with van der Waals surface area (Å²) >= 11 is -2.95. The third kappa shape index (κ3) is 4.43. The van der Waals surface area contributed by atoms with Crippen LogP contribution in [-0.4, -0.2) is 40.5 Å². The SMILES string of the molecule is C[N+](C)=C1C=CC=CC1I(OC(=O)C(F)(F)F)c1ccccc1. The predicted molar refractivity (Wildman–Crippen MR) is 90.5 cm³/mol. The van der Waals surface area contributed by atoms with Crippen LogP contribution in [0.1, 0.15) is 0 Å². The van der Waals surface area contributed by atoms with E-state index in [1.54, 1.807) is 42.5 Å². The van der Waals surface area contributed by atoms with Crippen molar-refractivity contribution in [3.63, 3.8) is 0 Å². The maximum absolute atomic E-state index is 12.6. The van der Waals surface area contributed by atoms with Crippen LogP contribution in [0.25, 0.3) is 0 Å². The summed E-state index contributed by atoms with van der Waals surface area (Å²) in [7, 11) is 3.63. The van der Waals surface area contributed by atoms with Crippen LogP contribution >= 0.6 is 20.2 Å². The Morgan fingerprint density at radius 3 is 2.39 bits per heavy atom. The van der Waals surface area contributed by atoms with Crippen molar-refractivity contribution in [3.8, 4) is 0 Å². The Labute approximate surface area is 140 Å². The van der Waals surface area contributed by atoms with Crippen molar-refractivity contribution in [1.29, 1.82) is 0 Å². The number of hydrogen-bond donors (Lipinski definition) is 0. The van der Waals surface area contributed by atoms with Crippen molar-refractivity contribution < 1.29 is 25.6 Å². The van der Waals surface area contributed by atoms with Gasteiger partial charge in [-0.3, -0.25) is 0 Å². The fraction of sp³-hybridized carbons (Fsp3) is 0.250. The van der Waals surface area contributed by atoms with Crippen molar-refractivity contribution in [2.45, 2.75) is 10.1 Å². The van der Waals surface area contributed by atoms with Gasteiger partial charge >= 0.3 is 140 Å². The molecule has 0 aromatic heterocycles. The Balaban J connectivity index is 2.42. The van der Waals surface area contributed by atoms with Gasteiger partial charge in [0.15, 0.2) is 0 Å². The van der Waals surface area contributed by atoms with E-state index < -0.39 is 32.4 Å². The van der Waals surface area contributed by atoms with Crippen LogP contribution < -0.4 is 0 Å². The minimum atomic E-state index is -4.99. The molecule has 1 unspecified atom stereocenters. The van der Waals surface area contributed by atoms with Crippen LogP contribution in [-0.2, 0) is 7.86 Å². The van der Waals surface area contributed by atoms with Gasteiger partial charge < -0.3 is 0 Å². The van der Waals surface area contributed by atoms with E-state index in [1.165, 1.54) is 0 Å².